The molecule has 11 heteroatoms. The summed E-state index contributed by atoms with van der Waals surface area (Å²) in [5, 5.41) is 11.7. The number of ether oxygens (including phenoxy) is 1. The highest BCUT2D eigenvalue weighted by atomic mass is 31.2. The summed E-state index contributed by atoms with van der Waals surface area (Å²) in [6.45, 7) is 1.33. The van der Waals surface area contributed by atoms with Gasteiger partial charge in [-0.2, -0.15) is 0 Å². The van der Waals surface area contributed by atoms with Crippen LogP contribution in [0.5, 0.6) is 0 Å². The number of nitrogens with zero attached hydrogens (tertiary/aromatic N) is 5. The summed E-state index contributed by atoms with van der Waals surface area (Å²) < 4.78 is 18.5. The zero-order valence-corrected chi connectivity index (χ0v) is 12.6. The first-order chi connectivity index (χ1) is 10.4. The van der Waals surface area contributed by atoms with Crippen LogP contribution >= 0.6 is 7.60 Å². The van der Waals surface area contributed by atoms with Gasteiger partial charge in [-0.15, -0.1) is 5.10 Å². The smallest absolute Gasteiger partial charge is 0.361 e. The van der Waals surface area contributed by atoms with Gasteiger partial charge < -0.3 is 14.5 Å². The highest BCUT2D eigenvalue weighted by Crippen LogP contribution is 2.57. The molecular formula is C11H13N6O4P. The van der Waals surface area contributed by atoms with Crippen LogP contribution in [0.25, 0.3) is 17.2 Å². The van der Waals surface area contributed by atoms with Crippen LogP contribution in [0.3, 0.4) is 0 Å². The molecular weight excluding hydrogens is 311 g/mol. The molecule has 0 saturated carbocycles. The van der Waals surface area contributed by atoms with Gasteiger partial charge in [-0.05, 0) is 23.4 Å². The normalized spacial score (nSPS) is 15.1. The molecule has 0 amide bonds. The van der Waals surface area contributed by atoms with E-state index < -0.39 is 12.9 Å². The Morgan fingerprint density at radius 1 is 1.41 bits per heavy atom. The Balaban J connectivity index is 2.21. The van der Waals surface area contributed by atoms with Crippen molar-refractivity contribution in [3.05, 3.63) is 30.1 Å². The third-order valence-corrected chi connectivity index (χ3v) is 5.13. The summed E-state index contributed by atoms with van der Waals surface area (Å²) in [6, 6.07) is 3.20. The number of methoxy groups -OCH3 is 1. The highest BCUT2D eigenvalue weighted by molar-refractivity contribution is 7.52. The van der Waals surface area contributed by atoms with Crippen molar-refractivity contribution in [3.63, 3.8) is 0 Å². The molecule has 3 N–H and O–H groups in total. The Labute approximate surface area is 124 Å². The lowest BCUT2D eigenvalue weighted by molar-refractivity contribution is 0.0500. The second kappa shape index (κ2) is 4.96. The van der Waals surface area contributed by atoms with Gasteiger partial charge in [0.15, 0.2) is 11.2 Å². The minimum absolute atomic E-state index is 0.308. The molecule has 0 radical (unpaired) electrons. The van der Waals surface area contributed by atoms with E-state index in [0.717, 1.165) is 0 Å². The van der Waals surface area contributed by atoms with Crippen molar-refractivity contribution in [1.29, 1.82) is 0 Å². The predicted octanol–water partition coefficient (Wildman–Crippen LogP) is 0.511. The average Bonchev–Trinajstić information content (AvgIpc) is 3.12. The first-order valence-corrected chi connectivity index (χ1v) is 7.80. The van der Waals surface area contributed by atoms with Gasteiger partial charge in [-0.25, -0.2) is 10.1 Å². The molecule has 0 aliphatic rings. The zero-order valence-electron chi connectivity index (χ0n) is 11.7. The number of hydrogen-bond acceptors (Lipinski definition) is 6. The number of nitrogens with one attached hydrogen (secondary N) is 1. The molecule has 0 bridgehead atoms. The molecule has 116 valence electrons. The summed E-state index contributed by atoms with van der Waals surface area (Å²) in [5.74, 6) is 0.389. The van der Waals surface area contributed by atoms with Gasteiger partial charge in [-0.1, -0.05) is 6.07 Å². The number of tetrazole rings is 1. The van der Waals surface area contributed by atoms with Gasteiger partial charge in [-0.3, -0.25) is 8.97 Å². The molecule has 0 spiro atoms. The lowest BCUT2D eigenvalue weighted by Gasteiger charge is -2.29. The van der Waals surface area contributed by atoms with Crippen molar-refractivity contribution in [2.45, 2.75) is 12.3 Å². The third kappa shape index (κ3) is 2.13. The van der Waals surface area contributed by atoms with Gasteiger partial charge in [0.05, 0.1) is 6.20 Å². The molecule has 22 heavy (non-hydrogen) atoms. The van der Waals surface area contributed by atoms with Gasteiger partial charge in [0.1, 0.15) is 11.3 Å². The quantitative estimate of drug-likeness (QED) is 0.590. The molecule has 1 unspecified atom stereocenters. The molecule has 3 rings (SSSR count). The standard InChI is InChI=1S/C11H13N6O4P/c1-11(21-2,22(18,19)20)7-3-4-9-12-5-8(17(9)6-7)10-13-15-16-14-10/h3-6H,1-2H3,(H2,18,19,20)(H,13,14,15,16). The Morgan fingerprint density at radius 3 is 2.77 bits per heavy atom. The fourth-order valence-electron chi connectivity index (χ4n) is 2.10. The van der Waals surface area contributed by atoms with E-state index in [1.807, 2.05) is 0 Å². The highest BCUT2D eigenvalue weighted by Gasteiger charge is 2.45. The average molecular weight is 324 g/mol. The Hall–Kier alpha value is -2.13. The summed E-state index contributed by atoms with van der Waals surface area (Å²) in [6.07, 6.45) is 3.10. The van der Waals surface area contributed by atoms with Crippen LogP contribution in [-0.2, 0) is 14.6 Å². The van der Waals surface area contributed by atoms with Gasteiger partial charge >= 0.3 is 7.60 Å². The lowest BCUT2D eigenvalue weighted by atomic mass is 10.2. The second-order valence-electron chi connectivity index (χ2n) is 4.77. The molecule has 10 nitrogen and oxygen atoms in total. The van der Waals surface area contributed by atoms with Crippen molar-refractivity contribution in [2.24, 2.45) is 0 Å². The molecule has 0 saturated heterocycles. The van der Waals surface area contributed by atoms with E-state index in [1.54, 1.807) is 28.9 Å². The number of fused-ring (bicyclic) bond motifs is 1. The molecule has 0 aliphatic heterocycles. The maximum atomic E-state index is 11.8. The number of aromatic amines is 1. The van der Waals surface area contributed by atoms with E-state index in [4.69, 9.17) is 4.74 Å². The Kier molecular flexibility index (Phi) is 3.33. The molecule has 3 aromatic rings. The Morgan fingerprint density at radius 2 is 2.18 bits per heavy atom. The number of rotatable bonds is 4. The number of pyridine rings is 1. The Bertz CT molecular complexity index is 857. The van der Waals surface area contributed by atoms with Crippen molar-refractivity contribution in [2.75, 3.05) is 7.11 Å². The van der Waals surface area contributed by atoms with Crippen LogP contribution < -0.4 is 0 Å². The van der Waals surface area contributed by atoms with Gasteiger partial charge in [0, 0.05) is 18.9 Å². The molecule has 0 aliphatic carbocycles. The number of H-pyrrole nitrogens is 1. The maximum absolute atomic E-state index is 11.8. The van der Waals surface area contributed by atoms with E-state index in [1.165, 1.54) is 14.0 Å². The predicted molar refractivity (Wildman–Crippen MR) is 74.8 cm³/mol. The van der Waals surface area contributed by atoms with Crippen molar-refractivity contribution in [1.82, 2.24) is 30.0 Å². The van der Waals surface area contributed by atoms with Crippen LogP contribution in [0.2, 0.25) is 0 Å². The van der Waals surface area contributed by atoms with Crippen molar-refractivity contribution >= 4 is 13.2 Å². The fraction of sp³-hybridized carbons (Fsp3) is 0.273. The van der Waals surface area contributed by atoms with Crippen molar-refractivity contribution in [3.8, 4) is 11.5 Å². The SMILES string of the molecule is COC(C)(c1ccc2ncc(-c3nnn[nH]3)n2c1)P(=O)(O)O. The molecule has 1 atom stereocenters. The van der Waals surface area contributed by atoms with E-state index in [0.29, 0.717) is 22.7 Å². The van der Waals surface area contributed by atoms with Crippen molar-refractivity contribution < 1.29 is 19.1 Å². The van der Waals surface area contributed by atoms with E-state index in [2.05, 4.69) is 25.6 Å². The minimum Gasteiger partial charge on any atom is -0.361 e. The first kappa shape index (κ1) is 14.8. The molecule has 3 aromatic heterocycles. The first-order valence-electron chi connectivity index (χ1n) is 6.19. The van der Waals surface area contributed by atoms with Gasteiger partial charge in [0.25, 0.3) is 0 Å². The minimum atomic E-state index is -4.55. The number of aromatic nitrogens is 6. The monoisotopic (exact) mass is 324 g/mol. The van der Waals surface area contributed by atoms with Crippen LogP contribution in [0.4, 0.5) is 0 Å². The van der Waals surface area contributed by atoms with Crippen LogP contribution in [0, 0.1) is 0 Å². The largest absolute Gasteiger partial charge is 0.361 e. The number of imidazole rings is 1. The number of hydrogen-bond donors (Lipinski definition) is 3. The fourth-order valence-corrected chi connectivity index (χ4v) is 2.81. The molecule has 0 aromatic carbocycles. The van der Waals surface area contributed by atoms with Crippen LogP contribution in [-0.4, -0.2) is 46.9 Å². The third-order valence-electron chi connectivity index (χ3n) is 3.58. The summed E-state index contributed by atoms with van der Waals surface area (Å²) >= 11 is 0. The van der Waals surface area contributed by atoms with Crippen LogP contribution in [0.1, 0.15) is 12.5 Å². The lowest BCUT2D eigenvalue weighted by Crippen LogP contribution is -2.24. The summed E-state index contributed by atoms with van der Waals surface area (Å²) in [4.78, 5) is 23.4. The topological polar surface area (TPSA) is 139 Å². The van der Waals surface area contributed by atoms with Gasteiger partial charge in [0.2, 0.25) is 0 Å². The second-order valence-corrected chi connectivity index (χ2v) is 6.71. The maximum Gasteiger partial charge on any atom is 0.361 e. The van der Waals surface area contributed by atoms with E-state index in [9.17, 15) is 14.4 Å². The van der Waals surface area contributed by atoms with E-state index >= 15 is 0 Å². The molecule has 0 fully saturated rings. The molecule has 3 heterocycles. The van der Waals surface area contributed by atoms with E-state index in [-0.39, 0.29) is 0 Å². The van der Waals surface area contributed by atoms with Crippen LogP contribution in [0.15, 0.2) is 24.5 Å². The summed E-state index contributed by atoms with van der Waals surface area (Å²) in [7, 11) is -3.30. The summed E-state index contributed by atoms with van der Waals surface area (Å²) in [5.41, 5.74) is 1.45. The zero-order chi connectivity index (χ0) is 16.0.